The first-order valence-corrected chi connectivity index (χ1v) is 11.8. The smallest absolute Gasteiger partial charge is 0.295 e. The molecular weight excluding hydrogens is 488 g/mol. The fourth-order valence-electron chi connectivity index (χ4n) is 4.32. The van der Waals surface area contributed by atoms with Gasteiger partial charge in [-0.1, -0.05) is 40.2 Å². The molecule has 0 saturated carbocycles. The number of aliphatic hydroxyl groups excluding tert-OH is 1. The number of ether oxygens (including phenoxy) is 2. The molecule has 1 atom stereocenters. The number of rotatable bonds is 7. The van der Waals surface area contributed by atoms with E-state index in [4.69, 9.17) is 9.47 Å². The first-order chi connectivity index (χ1) is 16.0. The Kier molecular flexibility index (Phi) is 7.47. The molecule has 0 aliphatic carbocycles. The van der Waals surface area contributed by atoms with Crippen molar-refractivity contribution in [3.8, 4) is 5.75 Å². The standard InChI is InChI=1S/C25H27BrN2O5/c1-32-20-5-2-4-18(16-20)22-21(23(29)17-6-8-19(26)9-7-17)24(30)25(31)28(22)11-3-10-27-12-14-33-15-13-27/h2,4-9,16,22,29H,3,10-15H2,1H3/b23-21+. The fraction of sp³-hybridized carbons (Fsp3) is 0.360. The molecule has 0 bridgehead atoms. The Balaban J connectivity index is 1.68. The molecule has 2 saturated heterocycles. The zero-order valence-corrected chi connectivity index (χ0v) is 20.1. The van der Waals surface area contributed by atoms with Gasteiger partial charge in [0.25, 0.3) is 11.7 Å². The topological polar surface area (TPSA) is 79.3 Å². The lowest BCUT2D eigenvalue weighted by Gasteiger charge is -2.29. The third-order valence-electron chi connectivity index (χ3n) is 6.04. The second-order valence-corrected chi connectivity index (χ2v) is 9.00. The van der Waals surface area contributed by atoms with Crippen LogP contribution in [-0.4, -0.2) is 73.1 Å². The third-order valence-corrected chi connectivity index (χ3v) is 6.57. The molecule has 33 heavy (non-hydrogen) atoms. The van der Waals surface area contributed by atoms with Crippen LogP contribution in [0.25, 0.3) is 5.76 Å². The average Bonchev–Trinajstić information content (AvgIpc) is 3.10. The molecular formula is C25H27BrN2O5. The number of halogens is 1. The molecule has 2 aromatic carbocycles. The lowest BCUT2D eigenvalue weighted by atomic mass is 9.95. The van der Waals surface area contributed by atoms with Crippen molar-refractivity contribution >= 4 is 33.4 Å². The lowest BCUT2D eigenvalue weighted by Crippen LogP contribution is -2.38. The van der Waals surface area contributed by atoms with Crippen LogP contribution < -0.4 is 4.74 Å². The second kappa shape index (κ2) is 10.5. The monoisotopic (exact) mass is 514 g/mol. The summed E-state index contributed by atoms with van der Waals surface area (Å²) in [7, 11) is 1.57. The molecule has 4 rings (SSSR count). The number of methoxy groups -OCH3 is 1. The van der Waals surface area contributed by atoms with Crippen LogP contribution in [0.5, 0.6) is 5.75 Å². The molecule has 2 heterocycles. The van der Waals surface area contributed by atoms with Gasteiger partial charge in [-0.2, -0.15) is 0 Å². The summed E-state index contributed by atoms with van der Waals surface area (Å²) in [6.07, 6.45) is 0.714. The maximum atomic E-state index is 13.1. The van der Waals surface area contributed by atoms with Gasteiger partial charge in [0.2, 0.25) is 0 Å². The van der Waals surface area contributed by atoms with Crippen molar-refractivity contribution in [2.75, 3.05) is 46.5 Å². The van der Waals surface area contributed by atoms with Crippen molar-refractivity contribution in [3.63, 3.8) is 0 Å². The molecule has 1 unspecified atom stereocenters. The van der Waals surface area contributed by atoms with E-state index < -0.39 is 17.7 Å². The zero-order valence-electron chi connectivity index (χ0n) is 18.5. The Morgan fingerprint density at radius 1 is 1.12 bits per heavy atom. The van der Waals surface area contributed by atoms with E-state index in [-0.39, 0.29) is 11.3 Å². The highest BCUT2D eigenvalue weighted by molar-refractivity contribution is 9.10. The van der Waals surface area contributed by atoms with Gasteiger partial charge in [0.1, 0.15) is 11.5 Å². The van der Waals surface area contributed by atoms with Crippen molar-refractivity contribution in [1.29, 1.82) is 0 Å². The van der Waals surface area contributed by atoms with Gasteiger partial charge in [0.15, 0.2) is 0 Å². The van der Waals surface area contributed by atoms with Gasteiger partial charge in [-0.15, -0.1) is 0 Å². The molecule has 1 amide bonds. The van der Waals surface area contributed by atoms with Gasteiger partial charge < -0.3 is 19.5 Å². The summed E-state index contributed by atoms with van der Waals surface area (Å²) < 4.78 is 11.6. The van der Waals surface area contributed by atoms with E-state index in [1.807, 2.05) is 18.2 Å². The van der Waals surface area contributed by atoms with Crippen LogP contribution in [-0.2, 0) is 14.3 Å². The van der Waals surface area contributed by atoms with E-state index in [1.165, 1.54) is 0 Å². The van der Waals surface area contributed by atoms with Crippen molar-refractivity contribution in [2.24, 2.45) is 0 Å². The Morgan fingerprint density at radius 3 is 2.55 bits per heavy atom. The molecule has 0 spiro atoms. The zero-order chi connectivity index (χ0) is 23.4. The van der Waals surface area contributed by atoms with Gasteiger partial charge in [-0.05, 0) is 36.2 Å². The maximum absolute atomic E-state index is 13.1. The highest BCUT2D eigenvalue weighted by Crippen LogP contribution is 2.40. The summed E-state index contributed by atoms with van der Waals surface area (Å²) in [5.41, 5.74) is 1.30. The summed E-state index contributed by atoms with van der Waals surface area (Å²) in [5.74, 6) is -0.822. The van der Waals surface area contributed by atoms with E-state index in [9.17, 15) is 14.7 Å². The van der Waals surface area contributed by atoms with E-state index in [1.54, 1.807) is 42.3 Å². The molecule has 7 nitrogen and oxygen atoms in total. The Bertz CT molecular complexity index is 1050. The molecule has 8 heteroatoms. The van der Waals surface area contributed by atoms with Gasteiger partial charge >= 0.3 is 0 Å². The molecule has 2 fully saturated rings. The number of hydrogen-bond acceptors (Lipinski definition) is 6. The SMILES string of the molecule is COc1cccc(C2/C(=C(\O)c3ccc(Br)cc3)C(=O)C(=O)N2CCCN2CCOCC2)c1. The number of ketones is 1. The molecule has 2 aromatic rings. The quantitative estimate of drug-likeness (QED) is 0.345. The van der Waals surface area contributed by atoms with Gasteiger partial charge in [-0.3, -0.25) is 14.5 Å². The minimum absolute atomic E-state index is 0.0990. The van der Waals surface area contributed by atoms with Gasteiger partial charge in [0.05, 0.1) is 31.9 Å². The first kappa shape index (κ1) is 23.5. The molecule has 0 aromatic heterocycles. The van der Waals surface area contributed by atoms with Crippen LogP contribution in [0.1, 0.15) is 23.6 Å². The minimum atomic E-state index is -0.687. The number of carbonyl (C=O) groups is 2. The number of hydrogen-bond donors (Lipinski definition) is 1. The first-order valence-electron chi connectivity index (χ1n) is 11.0. The van der Waals surface area contributed by atoms with Crippen molar-refractivity contribution < 1.29 is 24.2 Å². The largest absolute Gasteiger partial charge is 0.507 e. The van der Waals surface area contributed by atoms with Crippen molar-refractivity contribution in [2.45, 2.75) is 12.5 Å². The Labute approximate surface area is 201 Å². The number of Topliss-reactive ketones (excluding diaryl/α,β-unsaturated/α-hetero) is 1. The fourth-order valence-corrected chi connectivity index (χ4v) is 4.59. The normalized spacial score (nSPS) is 20.9. The molecule has 174 valence electrons. The number of nitrogens with zero attached hydrogens (tertiary/aromatic N) is 2. The van der Waals surface area contributed by atoms with Crippen LogP contribution in [0.4, 0.5) is 0 Å². The van der Waals surface area contributed by atoms with Crippen LogP contribution in [0, 0.1) is 0 Å². The lowest BCUT2D eigenvalue weighted by molar-refractivity contribution is -0.140. The average molecular weight is 515 g/mol. The maximum Gasteiger partial charge on any atom is 0.295 e. The van der Waals surface area contributed by atoms with Crippen LogP contribution >= 0.6 is 15.9 Å². The number of likely N-dealkylation sites (tertiary alicyclic amines) is 1. The van der Waals surface area contributed by atoms with Crippen molar-refractivity contribution in [1.82, 2.24) is 9.80 Å². The molecule has 0 radical (unpaired) electrons. The summed E-state index contributed by atoms with van der Waals surface area (Å²) in [6.45, 7) is 4.36. The van der Waals surface area contributed by atoms with E-state index in [2.05, 4.69) is 20.8 Å². The second-order valence-electron chi connectivity index (χ2n) is 8.08. The van der Waals surface area contributed by atoms with Crippen LogP contribution in [0.3, 0.4) is 0 Å². The highest BCUT2D eigenvalue weighted by atomic mass is 79.9. The van der Waals surface area contributed by atoms with Crippen LogP contribution in [0.2, 0.25) is 0 Å². The Morgan fingerprint density at radius 2 is 1.85 bits per heavy atom. The minimum Gasteiger partial charge on any atom is -0.507 e. The predicted molar refractivity (Wildman–Crippen MR) is 128 cm³/mol. The number of benzene rings is 2. The van der Waals surface area contributed by atoms with E-state index in [0.717, 1.165) is 29.7 Å². The van der Waals surface area contributed by atoms with Gasteiger partial charge in [0, 0.05) is 36.2 Å². The molecule has 1 N–H and O–H groups in total. The number of morpholine rings is 1. The third kappa shape index (κ3) is 5.13. The predicted octanol–water partition coefficient (Wildman–Crippen LogP) is 3.60. The summed E-state index contributed by atoms with van der Waals surface area (Å²) >= 11 is 3.38. The number of amides is 1. The molecule has 2 aliphatic heterocycles. The number of aliphatic hydroxyl groups is 1. The van der Waals surface area contributed by atoms with Crippen molar-refractivity contribution in [3.05, 3.63) is 69.7 Å². The molecule has 2 aliphatic rings. The summed E-state index contributed by atoms with van der Waals surface area (Å²) in [6, 6.07) is 13.6. The highest BCUT2D eigenvalue weighted by Gasteiger charge is 2.45. The van der Waals surface area contributed by atoms with E-state index >= 15 is 0 Å². The Hall–Kier alpha value is -2.68. The number of carbonyl (C=O) groups excluding carboxylic acids is 2. The summed E-state index contributed by atoms with van der Waals surface area (Å²) in [5, 5.41) is 11.1. The van der Waals surface area contributed by atoms with E-state index in [0.29, 0.717) is 37.5 Å². The van der Waals surface area contributed by atoms with Crippen LogP contribution in [0.15, 0.2) is 58.6 Å². The summed E-state index contributed by atoms with van der Waals surface area (Å²) in [4.78, 5) is 30.1. The van der Waals surface area contributed by atoms with Gasteiger partial charge in [-0.25, -0.2) is 0 Å².